The van der Waals surface area contributed by atoms with E-state index in [4.69, 9.17) is 0 Å². The van der Waals surface area contributed by atoms with E-state index in [-0.39, 0.29) is 5.57 Å². The first-order valence-electron chi connectivity index (χ1n) is 9.12. The Morgan fingerprint density at radius 3 is 2.28 bits per heavy atom. The Labute approximate surface area is 168 Å². The van der Waals surface area contributed by atoms with E-state index in [1.54, 1.807) is 12.1 Å². The smallest absolute Gasteiger partial charge is 0.335 e. The number of carbonyl (C=O) groups excluding carboxylic acids is 3. The van der Waals surface area contributed by atoms with Crippen molar-refractivity contribution in [2.75, 3.05) is 23.9 Å². The number of urea groups is 1. The maximum Gasteiger partial charge on any atom is 0.335 e. The highest BCUT2D eigenvalue weighted by atomic mass is 16.2. The lowest BCUT2D eigenvalue weighted by molar-refractivity contribution is -0.122. The monoisotopic (exact) mass is 385 g/mol. The molecule has 6 heteroatoms. The summed E-state index contributed by atoms with van der Waals surface area (Å²) in [6, 6.07) is 19.5. The molecule has 0 aliphatic carbocycles. The molecule has 0 atom stereocenters. The van der Waals surface area contributed by atoms with E-state index in [9.17, 15) is 14.4 Å². The summed E-state index contributed by atoms with van der Waals surface area (Å²) in [5.74, 6) is -1.35. The van der Waals surface area contributed by atoms with E-state index < -0.39 is 17.8 Å². The van der Waals surface area contributed by atoms with Crippen LogP contribution in [0.3, 0.4) is 0 Å². The molecule has 4 amide bonds. The topological polar surface area (TPSA) is 69.7 Å². The van der Waals surface area contributed by atoms with Crippen molar-refractivity contribution in [2.45, 2.75) is 0 Å². The predicted octanol–water partition coefficient (Wildman–Crippen LogP) is 3.57. The Hall–Kier alpha value is -3.93. The van der Waals surface area contributed by atoms with Gasteiger partial charge >= 0.3 is 6.03 Å². The van der Waals surface area contributed by atoms with Crippen molar-refractivity contribution >= 4 is 46.1 Å². The van der Waals surface area contributed by atoms with E-state index in [0.29, 0.717) is 11.3 Å². The SMILES string of the molecule is CN(C)c1ccc(C=C2C(=O)NC(=O)N(c3cccc4ccccc34)C2=O)cc1. The molecule has 0 aromatic heterocycles. The van der Waals surface area contributed by atoms with E-state index >= 15 is 0 Å². The molecular formula is C23H19N3O3. The Kier molecular flexibility index (Phi) is 4.60. The zero-order valence-electron chi connectivity index (χ0n) is 16.0. The number of nitrogens with one attached hydrogen (secondary N) is 1. The lowest BCUT2D eigenvalue weighted by Gasteiger charge is -2.27. The van der Waals surface area contributed by atoms with Crippen LogP contribution >= 0.6 is 0 Å². The lowest BCUT2D eigenvalue weighted by Crippen LogP contribution is -2.54. The number of fused-ring (bicyclic) bond motifs is 1. The van der Waals surface area contributed by atoms with Crippen LogP contribution < -0.4 is 15.1 Å². The predicted molar refractivity (Wildman–Crippen MR) is 114 cm³/mol. The van der Waals surface area contributed by atoms with Crippen molar-refractivity contribution in [3.63, 3.8) is 0 Å². The molecule has 1 aliphatic heterocycles. The number of nitrogens with zero attached hydrogens (tertiary/aromatic N) is 2. The maximum atomic E-state index is 13.1. The van der Waals surface area contributed by atoms with E-state index in [0.717, 1.165) is 21.4 Å². The van der Waals surface area contributed by atoms with Gasteiger partial charge in [-0.2, -0.15) is 0 Å². The Bertz CT molecular complexity index is 1160. The number of amides is 4. The van der Waals surface area contributed by atoms with Crippen molar-refractivity contribution < 1.29 is 14.4 Å². The van der Waals surface area contributed by atoms with Gasteiger partial charge in [0.15, 0.2) is 0 Å². The maximum absolute atomic E-state index is 13.1. The molecule has 3 aromatic rings. The summed E-state index contributed by atoms with van der Waals surface area (Å²) < 4.78 is 0. The molecule has 6 nitrogen and oxygen atoms in total. The highest BCUT2D eigenvalue weighted by Gasteiger charge is 2.37. The first kappa shape index (κ1) is 18.4. The number of anilines is 2. The molecule has 1 N–H and O–H groups in total. The second-order valence-electron chi connectivity index (χ2n) is 6.94. The molecule has 3 aromatic carbocycles. The summed E-state index contributed by atoms with van der Waals surface area (Å²) in [6.07, 6.45) is 1.50. The molecule has 1 aliphatic rings. The van der Waals surface area contributed by atoms with Crippen molar-refractivity contribution in [1.29, 1.82) is 0 Å². The van der Waals surface area contributed by atoms with Gasteiger partial charge in [-0.3, -0.25) is 14.9 Å². The molecule has 0 saturated carbocycles. The first-order chi connectivity index (χ1) is 14.0. The number of hydrogen-bond donors (Lipinski definition) is 1. The van der Waals surface area contributed by atoms with Gasteiger partial charge in [0.1, 0.15) is 5.57 Å². The molecule has 0 spiro atoms. The van der Waals surface area contributed by atoms with Crippen LogP contribution in [-0.2, 0) is 9.59 Å². The average molecular weight is 385 g/mol. The average Bonchev–Trinajstić information content (AvgIpc) is 2.71. The van der Waals surface area contributed by atoms with Crippen LogP contribution in [-0.4, -0.2) is 31.9 Å². The minimum Gasteiger partial charge on any atom is -0.378 e. The van der Waals surface area contributed by atoms with Gasteiger partial charge in [-0.1, -0.05) is 48.5 Å². The van der Waals surface area contributed by atoms with Gasteiger partial charge in [-0.15, -0.1) is 0 Å². The third-order valence-electron chi connectivity index (χ3n) is 4.83. The van der Waals surface area contributed by atoms with Gasteiger partial charge in [-0.05, 0) is 35.2 Å². The summed E-state index contributed by atoms with van der Waals surface area (Å²) in [7, 11) is 3.86. The second-order valence-corrected chi connectivity index (χ2v) is 6.94. The van der Waals surface area contributed by atoms with Crippen LogP contribution in [0.25, 0.3) is 16.8 Å². The zero-order chi connectivity index (χ0) is 20.5. The largest absolute Gasteiger partial charge is 0.378 e. The number of hydrogen-bond acceptors (Lipinski definition) is 4. The number of imide groups is 2. The molecule has 0 unspecified atom stereocenters. The minimum absolute atomic E-state index is 0.0878. The van der Waals surface area contributed by atoms with Gasteiger partial charge in [0.05, 0.1) is 5.69 Å². The zero-order valence-corrected chi connectivity index (χ0v) is 16.0. The molecule has 1 heterocycles. The highest BCUT2D eigenvalue weighted by Crippen LogP contribution is 2.29. The summed E-state index contributed by atoms with van der Waals surface area (Å²) in [5, 5.41) is 3.92. The Balaban J connectivity index is 1.76. The van der Waals surface area contributed by atoms with Crippen LogP contribution in [0.2, 0.25) is 0 Å². The molecule has 1 saturated heterocycles. The van der Waals surface area contributed by atoms with Crippen molar-refractivity contribution in [2.24, 2.45) is 0 Å². The Morgan fingerprint density at radius 1 is 0.862 bits per heavy atom. The standard InChI is InChI=1S/C23H19N3O3/c1-25(2)17-12-10-15(11-13-17)14-19-21(27)24-23(29)26(22(19)28)20-9-5-7-16-6-3-4-8-18(16)20/h3-14H,1-2H3,(H,24,27,29). The third-order valence-corrected chi connectivity index (χ3v) is 4.83. The van der Waals surface area contributed by atoms with Gasteiger partial charge < -0.3 is 4.90 Å². The van der Waals surface area contributed by atoms with Gasteiger partial charge in [0.2, 0.25) is 0 Å². The van der Waals surface area contributed by atoms with E-state index in [1.807, 2.05) is 73.6 Å². The van der Waals surface area contributed by atoms with E-state index in [2.05, 4.69) is 5.32 Å². The van der Waals surface area contributed by atoms with Crippen LogP contribution in [0.15, 0.2) is 72.3 Å². The van der Waals surface area contributed by atoms with Crippen LogP contribution in [0.5, 0.6) is 0 Å². The minimum atomic E-state index is -0.753. The van der Waals surface area contributed by atoms with E-state index in [1.165, 1.54) is 6.08 Å². The van der Waals surface area contributed by atoms with Gasteiger partial charge in [-0.25, -0.2) is 9.69 Å². The molecule has 144 valence electrons. The normalized spacial score (nSPS) is 15.7. The molecule has 4 rings (SSSR count). The van der Waals surface area contributed by atoms with Crippen molar-refractivity contribution in [1.82, 2.24) is 5.32 Å². The first-order valence-corrected chi connectivity index (χ1v) is 9.12. The number of rotatable bonds is 3. The molecule has 0 bridgehead atoms. The lowest BCUT2D eigenvalue weighted by atomic mass is 10.0. The van der Waals surface area contributed by atoms with Crippen LogP contribution in [0.1, 0.15) is 5.56 Å². The molecular weight excluding hydrogens is 366 g/mol. The summed E-state index contributed by atoms with van der Waals surface area (Å²) in [5.41, 5.74) is 2.04. The fraction of sp³-hybridized carbons (Fsp3) is 0.0870. The summed E-state index contributed by atoms with van der Waals surface area (Å²) in [4.78, 5) is 41.0. The fourth-order valence-corrected chi connectivity index (χ4v) is 3.31. The molecule has 1 fully saturated rings. The molecule has 0 radical (unpaired) electrons. The Morgan fingerprint density at radius 2 is 1.55 bits per heavy atom. The fourth-order valence-electron chi connectivity index (χ4n) is 3.31. The van der Waals surface area contributed by atoms with Crippen molar-refractivity contribution in [3.05, 3.63) is 77.9 Å². The van der Waals surface area contributed by atoms with Crippen LogP contribution in [0.4, 0.5) is 16.2 Å². The number of barbiturate groups is 1. The van der Waals surface area contributed by atoms with Gasteiger partial charge in [0, 0.05) is 25.2 Å². The molecule has 29 heavy (non-hydrogen) atoms. The third kappa shape index (κ3) is 3.36. The second kappa shape index (κ2) is 7.24. The van der Waals surface area contributed by atoms with Crippen LogP contribution in [0, 0.1) is 0 Å². The van der Waals surface area contributed by atoms with Gasteiger partial charge in [0.25, 0.3) is 11.8 Å². The quantitative estimate of drug-likeness (QED) is 0.553. The summed E-state index contributed by atoms with van der Waals surface area (Å²) in [6.45, 7) is 0. The highest BCUT2D eigenvalue weighted by molar-refractivity contribution is 6.40. The number of benzene rings is 3. The van der Waals surface area contributed by atoms with Crippen molar-refractivity contribution in [3.8, 4) is 0 Å². The summed E-state index contributed by atoms with van der Waals surface area (Å²) >= 11 is 0. The number of carbonyl (C=O) groups is 3.